The third-order valence-corrected chi connectivity index (χ3v) is 1.17. The molecule has 0 rings (SSSR count). The standard InChI is InChI=1S/C9H16O3/c1-3-5-6-9(10)12-8-7-11-4-2/h5-6H,3-4,7-8H2,1-2H3. The highest BCUT2D eigenvalue weighted by molar-refractivity contribution is 5.81. The van der Waals surface area contributed by atoms with Crippen LogP contribution in [0.5, 0.6) is 0 Å². The normalized spacial score (nSPS) is 10.5. The molecule has 0 radical (unpaired) electrons. The molecule has 0 fully saturated rings. The van der Waals surface area contributed by atoms with Gasteiger partial charge in [0.25, 0.3) is 0 Å². The van der Waals surface area contributed by atoms with Gasteiger partial charge in [-0.05, 0) is 13.3 Å². The van der Waals surface area contributed by atoms with E-state index >= 15 is 0 Å². The SMILES string of the molecule is CCC=CC(=O)OCCOCC. The summed E-state index contributed by atoms with van der Waals surface area (Å²) >= 11 is 0. The van der Waals surface area contributed by atoms with Gasteiger partial charge in [0, 0.05) is 12.7 Å². The van der Waals surface area contributed by atoms with Crippen LogP contribution < -0.4 is 0 Å². The second-order valence-electron chi connectivity index (χ2n) is 2.18. The Morgan fingerprint density at radius 1 is 1.33 bits per heavy atom. The lowest BCUT2D eigenvalue weighted by Gasteiger charge is -2.00. The monoisotopic (exact) mass is 172 g/mol. The van der Waals surface area contributed by atoms with Crippen LogP contribution >= 0.6 is 0 Å². The maximum atomic E-state index is 10.8. The van der Waals surface area contributed by atoms with Gasteiger partial charge in [-0.1, -0.05) is 13.0 Å². The third-order valence-electron chi connectivity index (χ3n) is 1.17. The molecule has 0 aliphatic carbocycles. The van der Waals surface area contributed by atoms with Gasteiger partial charge in [0.15, 0.2) is 0 Å². The zero-order valence-corrected chi connectivity index (χ0v) is 7.71. The number of hydrogen-bond donors (Lipinski definition) is 0. The first kappa shape index (κ1) is 11.2. The Balaban J connectivity index is 3.25. The van der Waals surface area contributed by atoms with Crippen molar-refractivity contribution < 1.29 is 14.3 Å². The first-order chi connectivity index (χ1) is 5.81. The van der Waals surface area contributed by atoms with Gasteiger partial charge in [0.05, 0.1) is 6.61 Å². The summed E-state index contributed by atoms with van der Waals surface area (Å²) in [4.78, 5) is 10.8. The molecule has 0 saturated heterocycles. The average molecular weight is 172 g/mol. The Morgan fingerprint density at radius 3 is 2.67 bits per heavy atom. The van der Waals surface area contributed by atoms with E-state index in [1.54, 1.807) is 6.08 Å². The summed E-state index contributed by atoms with van der Waals surface area (Å²) in [5, 5.41) is 0. The predicted octanol–water partition coefficient (Wildman–Crippen LogP) is 1.53. The number of hydrogen-bond acceptors (Lipinski definition) is 3. The van der Waals surface area contributed by atoms with E-state index < -0.39 is 0 Å². The summed E-state index contributed by atoms with van der Waals surface area (Å²) in [6.07, 6.45) is 4.05. The highest BCUT2D eigenvalue weighted by Gasteiger charge is 1.94. The molecule has 70 valence electrons. The van der Waals surface area contributed by atoms with Crippen molar-refractivity contribution in [2.45, 2.75) is 20.3 Å². The lowest BCUT2D eigenvalue weighted by Crippen LogP contribution is -2.08. The van der Waals surface area contributed by atoms with Gasteiger partial charge in [0.2, 0.25) is 0 Å². The molecule has 0 amide bonds. The summed E-state index contributed by atoms with van der Waals surface area (Å²) in [7, 11) is 0. The van der Waals surface area contributed by atoms with E-state index in [9.17, 15) is 4.79 Å². The average Bonchev–Trinajstić information content (AvgIpc) is 2.09. The molecule has 0 aromatic heterocycles. The minimum absolute atomic E-state index is 0.295. The minimum Gasteiger partial charge on any atom is -0.460 e. The molecule has 0 aromatic carbocycles. The highest BCUT2D eigenvalue weighted by Crippen LogP contribution is 1.85. The molecular formula is C9H16O3. The molecule has 12 heavy (non-hydrogen) atoms. The summed E-state index contributed by atoms with van der Waals surface area (Å²) in [5.74, 6) is -0.295. The molecular weight excluding hydrogens is 156 g/mol. The van der Waals surface area contributed by atoms with Crippen molar-refractivity contribution in [1.82, 2.24) is 0 Å². The lowest BCUT2D eigenvalue weighted by atomic mass is 10.4. The fourth-order valence-corrected chi connectivity index (χ4v) is 0.608. The first-order valence-electron chi connectivity index (χ1n) is 4.22. The van der Waals surface area contributed by atoms with Crippen molar-refractivity contribution in [3.05, 3.63) is 12.2 Å². The van der Waals surface area contributed by atoms with E-state index in [1.807, 2.05) is 13.8 Å². The highest BCUT2D eigenvalue weighted by atomic mass is 16.6. The number of carbonyl (C=O) groups is 1. The fourth-order valence-electron chi connectivity index (χ4n) is 0.608. The Labute approximate surface area is 73.4 Å². The van der Waals surface area contributed by atoms with Gasteiger partial charge in [0.1, 0.15) is 6.61 Å². The molecule has 0 aliphatic rings. The third kappa shape index (κ3) is 7.28. The van der Waals surface area contributed by atoms with Crippen molar-refractivity contribution in [1.29, 1.82) is 0 Å². The van der Waals surface area contributed by atoms with Crippen LogP contribution in [0.15, 0.2) is 12.2 Å². The number of esters is 1. The van der Waals surface area contributed by atoms with Crippen LogP contribution in [0.1, 0.15) is 20.3 Å². The molecule has 0 aliphatic heterocycles. The molecule has 0 atom stereocenters. The van der Waals surface area contributed by atoms with Gasteiger partial charge >= 0.3 is 5.97 Å². The fraction of sp³-hybridized carbons (Fsp3) is 0.667. The second kappa shape index (κ2) is 8.27. The second-order valence-corrected chi connectivity index (χ2v) is 2.18. The van der Waals surface area contributed by atoms with E-state index in [0.29, 0.717) is 19.8 Å². The zero-order valence-electron chi connectivity index (χ0n) is 7.71. The molecule has 0 spiro atoms. The molecule has 0 saturated carbocycles. The Bertz CT molecular complexity index is 141. The Morgan fingerprint density at radius 2 is 2.08 bits per heavy atom. The van der Waals surface area contributed by atoms with Crippen LogP contribution in [0, 0.1) is 0 Å². The van der Waals surface area contributed by atoms with E-state index in [-0.39, 0.29) is 5.97 Å². The van der Waals surface area contributed by atoms with Crippen molar-refractivity contribution >= 4 is 5.97 Å². The number of allylic oxidation sites excluding steroid dienone is 1. The van der Waals surface area contributed by atoms with Gasteiger partial charge in [-0.25, -0.2) is 4.79 Å². The molecule has 3 nitrogen and oxygen atoms in total. The van der Waals surface area contributed by atoms with Crippen LogP contribution in [-0.4, -0.2) is 25.8 Å². The maximum absolute atomic E-state index is 10.8. The number of carbonyl (C=O) groups excluding carboxylic acids is 1. The number of ether oxygens (including phenoxy) is 2. The lowest BCUT2D eigenvalue weighted by molar-refractivity contribution is -0.139. The number of rotatable bonds is 6. The molecule has 0 N–H and O–H groups in total. The van der Waals surface area contributed by atoms with E-state index in [0.717, 1.165) is 6.42 Å². The quantitative estimate of drug-likeness (QED) is 0.346. The molecule has 0 heterocycles. The van der Waals surface area contributed by atoms with Crippen LogP contribution in [0.4, 0.5) is 0 Å². The van der Waals surface area contributed by atoms with E-state index in [4.69, 9.17) is 9.47 Å². The van der Waals surface area contributed by atoms with Gasteiger partial charge in [-0.15, -0.1) is 0 Å². The first-order valence-corrected chi connectivity index (χ1v) is 4.22. The Hall–Kier alpha value is -0.830. The summed E-state index contributed by atoms with van der Waals surface area (Å²) < 4.78 is 9.78. The van der Waals surface area contributed by atoms with Crippen LogP contribution in [0.25, 0.3) is 0 Å². The van der Waals surface area contributed by atoms with E-state index in [1.165, 1.54) is 6.08 Å². The molecule has 0 unspecified atom stereocenters. The largest absolute Gasteiger partial charge is 0.460 e. The Kier molecular flexibility index (Phi) is 7.70. The summed E-state index contributed by atoms with van der Waals surface area (Å²) in [5.41, 5.74) is 0. The predicted molar refractivity (Wildman–Crippen MR) is 46.9 cm³/mol. The van der Waals surface area contributed by atoms with Crippen molar-refractivity contribution in [3.8, 4) is 0 Å². The summed E-state index contributed by atoms with van der Waals surface area (Å²) in [6.45, 7) is 5.33. The van der Waals surface area contributed by atoms with Crippen LogP contribution in [0.3, 0.4) is 0 Å². The summed E-state index contributed by atoms with van der Waals surface area (Å²) in [6, 6.07) is 0. The van der Waals surface area contributed by atoms with Crippen molar-refractivity contribution in [2.24, 2.45) is 0 Å². The van der Waals surface area contributed by atoms with Gasteiger partial charge < -0.3 is 9.47 Å². The smallest absolute Gasteiger partial charge is 0.330 e. The maximum Gasteiger partial charge on any atom is 0.330 e. The minimum atomic E-state index is -0.295. The van der Waals surface area contributed by atoms with Crippen LogP contribution in [-0.2, 0) is 14.3 Å². The zero-order chi connectivity index (χ0) is 9.23. The van der Waals surface area contributed by atoms with Gasteiger partial charge in [-0.2, -0.15) is 0 Å². The van der Waals surface area contributed by atoms with Gasteiger partial charge in [-0.3, -0.25) is 0 Å². The topological polar surface area (TPSA) is 35.5 Å². The van der Waals surface area contributed by atoms with Crippen molar-refractivity contribution in [3.63, 3.8) is 0 Å². The van der Waals surface area contributed by atoms with E-state index in [2.05, 4.69) is 0 Å². The molecule has 0 aromatic rings. The molecule has 0 bridgehead atoms. The van der Waals surface area contributed by atoms with Crippen LogP contribution in [0.2, 0.25) is 0 Å². The van der Waals surface area contributed by atoms with Crippen molar-refractivity contribution in [2.75, 3.05) is 19.8 Å². The molecule has 3 heteroatoms.